The van der Waals surface area contributed by atoms with Crippen LogP contribution in [0, 0.1) is 5.92 Å². The number of benzene rings is 1. The molecular weight excluding hydrogens is 246 g/mol. The smallest absolute Gasteiger partial charge is 0.137 e. The third-order valence-corrected chi connectivity index (χ3v) is 3.50. The molecule has 1 aromatic rings. The molecule has 0 amide bonds. The molecule has 18 heavy (non-hydrogen) atoms. The fourth-order valence-electron chi connectivity index (χ4n) is 1.95. The number of nitrogens with one attached hydrogen (secondary N) is 1. The van der Waals surface area contributed by atoms with Crippen molar-refractivity contribution < 1.29 is 4.74 Å². The van der Waals surface area contributed by atoms with Gasteiger partial charge in [0.15, 0.2) is 0 Å². The first-order valence-corrected chi connectivity index (χ1v) is 7.08. The van der Waals surface area contributed by atoms with E-state index in [9.17, 15) is 0 Å². The van der Waals surface area contributed by atoms with Crippen molar-refractivity contribution in [3.63, 3.8) is 0 Å². The highest BCUT2D eigenvalue weighted by Crippen LogP contribution is 2.26. The molecule has 1 atom stereocenters. The summed E-state index contributed by atoms with van der Waals surface area (Å²) in [5.74, 6) is 1.49. The van der Waals surface area contributed by atoms with Gasteiger partial charge in [-0.25, -0.2) is 0 Å². The Morgan fingerprint density at radius 3 is 2.72 bits per heavy atom. The van der Waals surface area contributed by atoms with E-state index in [2.05, 4.69) is 25.2 Å². The van der Waals surface area contributed by atoms with Crippen LogP contribution in [0.4, 0.5) is 0 Å². The summed E-state index contributed by atoms with van der Waals surface area (Å²) in [6.07, 6.45) is 3.52. The molecule has 0 bridgehead atoms. The van der Waals surface area contributed by atoms with Crippen molar-refractivity contribution in [2.45, 2.75) is 33.1 Å². The van der Waals surface area contributed by atoms with E-state index in [1.54, 1.807) is 7.11 Å². The average Bonchev–Trinajstić information content (AvgIpc) is 2.37. The van der Waals surface area contributed by atoms with Crippen molar-refractivity contribution in [2.24, 2.45) is 5.92 Å². The molecule has 0 aliphatic carbocycles. The molecule has 0 aliphatic rings. The number of rotatable bonds is 8. The average molecular weight is 270 g/mol. The highest BCUT2D eigenvalue weighted by atomic mass is 35.5. The maximum atomic E-state index is 6.11. The molecule has 0 aromatic heterocycles. The molecule has 3 heteroatoms. The number of methoxy groups -OCH3 is 1. The van der Waals surface area contributed by atoms with Crippen LogP contribution in [-0.2, 0) is 6.42 Å². The summed E-state index contributed by atoms with van der Waals surface area (Å²) < 4.78 is 5.15. The Labute approximate surface area is 116 Å². The van der Waals surface area contributed by atoms with Crippen LogP contribution in [0.15, 0.2) is 18.2 Å². The first kappa shape index (κ1) is 15.3. The second kappa shape index (κ2) is 8.39. The van der Waals surface area contributed by atoms with Crippen LogP contribution in [0.25, 0.3) is 0 Å². The van der Waals surface area contributed by atoms with Crippen molar-refractivity contribution >= 4 is 11.6 Å². The fourth-order valence-corrected chi connectivity index (χ4v) is 2.23. The standard InChI is InChI=1S/C15H24ClNO/c1-4-17-10-9-12(2)5-6-13-7-8-15(18-3)14(16)11-13/h7-8,11-12,17H,4-6,9-10H2,1-3H3. The van der Waals surface area contributed by atoms with Gasteiger partial charge >= 0.3 is 0 Å². The second-order valence-corrected chi connectivity index (χ2v) is 5.16. The Morgan fingerprint density at radius 1 is 1.33 bits per heavy atom. The van der Waals surface area contributed by atoms with E-state index >= 15 is 0 Å². The Balaban J connectivity index is 2.36. The zero-order valence-corrected chi connectivity index (χ0v) is 12.4. The lowest BCUT2D eigenvalue weighted by Gasteiger charge is -2.12. The van der Waals surface area contributed by atoms with E-state index in [0.717, 1.165) is 31.2 Å². The molecule has 1 N–H and O–H groups in total. The summed E-state index contributed by atoms with van der Waals surface area (Å²) in [7, 11) is 1.64. The van der Waals surface area contributed by atoms with Gasteiger partial charge in [-0.05, 0) is 56.0 Å². The maximum absolute atomic E-state index is 6.11. The molecule has 0 fully saturated rings. The fraction of sp³-hybridized carbons (Fsp3) is 0.600. The van der Waals surface area contributed by atoms with E-state index in [1.165, 1.54) is 18.4 Å². The highest BCUT2D eigenvalue weighted by Gasteiger charge is 2.05. The normalized spacial score (nSPS) is 12.4. The van der Waals surface area contributed by atoms with Crippen LogP contribution in [0.3, 0.4) is 0 Å². The molecule has 0 radical (unpaired) electrons. The summed E-state index contributed by atoms with van der Waals surface area (Å²) in [4.78, 5) is 0. The minimum absolute atomic E-state index is 0.704. The number of ether oxygens (including phenoxy) is 1. The lowest BCUT2D eigenvalue weighted by Crippen LogP contribution is -2.16. The molecule has 102 valence electrons. The van der Waals surface area contributed by atoms with Gasteiger partial charge in [0.2, 0.25) is 0 Å². The van der Waals surface area contributed by atoms with Crippen LogP contribution < -0.4 is 10.1 Å². The molecule has 0 aliphatic heterocycles. The molecular formula is C15H24ClNO. The Kier molecular flexibility index (Phi) is 7.14. The Morgan fingerprint density at radius 2 is 2.11 bits per heavy atom. The van der Waals surface area contributed by atoms with Crippen molar-refractivity contribution in [3.05, 3.63) is 28.8 Å². The largest absolute Gasteiger partial charge is 0.495 e. The Hall–Kier alpha value is -0.730. The summed E-state index contributed by atoms with van der Waals surface area (Å²) in [6.45, 7) is 6.62. The van der Waals surface area contributed by atoms with Gasteiger partial charge in [0.25, 0.3) is 0 Å². The van der Waals surface area contributed by atoms with E-state index in [1.807, 2.05) is 12.1 Å². The minimum Gasteiger partial charge on any atom is -0.495 e. The summed E-state index contributed by atoms with van der Waals surface area (Å²) in [5.41, 5.74) is 1.29. The van der Waals surface area contributed by atoms with E-state index < -0.39 is 0 Å². The van der Waals surface area contributed by atoms with Gasteiger partial charge in [0.1, 0.15) is 5.75 Å². The lowest BCUT2D eigenvalue weighted by molar-refractivity contribution is 0.414. The molecule has 0 heterocycles. The summed E-state index contributed by atoms with van der Waals surface area (Å²) >= 11 is 6.11. The van der Waals surface area contributed by atoms with Gasteiger partial charge in [0, 0.05) is 0 Å². The highest BCUT2D eigenvalue weighted by molar-refractivity contribution is 6.32. The number of hydrogen-bond donors (Lipinski definition) is 1. The van der Waals surface area contributed by atoms with Crippen LogP contribution in [-0.4, -0.2) is 20.2 Å². The quantitative estimate of drug-likeness (QED) is 0.723. The molecule has 1 unspecified atom stereocenters. The van der Waals surface area contributed by atoms with Crippen molar-refractivity contribution in [3.8, 4) is 5.75 Å². The van der Waals surface area contributed by atoms with Crippen molar-refractivity contribution in [2.75, 3.05) is 20.2 Å². The predicted molar refractivity (Wildman–Crippen MR) is 78.6 cm³/mol. The van der Waals surface area contributed by atoms with E-state index in [4.69, 9.17) is 16.3 Å². The van der Waals surface area contributed by atoms with Gasteiger partial charge in [-0.3, -0.25) is 0 Å². The van der Waals surface area contributed by atoms with E-state index in [-0.39, 0.29) is 0 Å². The topological polar surface area (TPSA) is 21.3 Å². The predicted octanol–water partition coefficient (Wildman–Crippen LogP) is 3.92. The van der Waals surface area contributed by atoms with Gasteiger partial charge in [0.05, 0.1) is 12.1 Å². The first-order chi connectivity index (χ1) is 8.67. The summed E-state index contributed by atoms with van der Waals surface area (Å²) in [5, 5.41) is 4.07. The maximum Gasteiger partial charge on any atom is 0.137 e. The molecule has 0 spiro atoms. The minimum atomic E-state index is 0.704. The molecule has 2 nitrogen and oxygen atoms in total. The Bertz CT molecular complexity index is 354. The monoisotopic (exact) mass is 269 g/mol. The molecule has 0 saturated heterocycles. The van der Waals surface area contributed by atoms with Crippen molar-refractivity contribution in [1.82, 2.24) is 5.32 Å². The zero-order valence-electron chi connectivity index (χ0n) is 11.6. The molecule has 0 saturated carbocycles. The van der Waals surface area contributed by atoms with E-state index in [0.29, 0.717) is 5.02 Å². The van der Waals surface area contributed by atoms with Gasteiger partial charge in [-0.2, -0.15) is 0 Å². The van der Waals surface area contributed by atoms with Crippen LogP contribution in [0.2, 0.25) is 5.02 Å². The van der Waals surface area contributed by atoms with Crippen LogP contribution in [0.1, 0.15) is 32.3 Å². The number of hydrogen-bond acceptors (Lipinski definition) is 2. The number of halogens is 1. The number of aryl methyl sites for hydroxylation is 1. The lowest BCUT2D eigenvalue weighted by atomic mass is 9.98. The van der Waals surface area contributed by atoms with Gasteiger partial charge < -0.3 is 10.1 Å². The molecule has 1 rings (SSSR count). The summed E-state index contributed by atoms with van der Waals surface area (Å²) in [6, 6.07) is 6.06. The first-order valence-electron chi connectivity index (χ1n) is 6.70. The zero-order chi connectivity index (χ0) is 13.4. The van der Waals surface area contributed by atoms with Gasteiger partial charge in [-0.1, -0.05) is 31.5 Å². The third kappa shape index (κ3) is 5.28. The van der Waals surface area contributed by atoms with Crippen LogP contribution in [0.5, 0.6) is 5.75 Å². The SMILES string of the molecule is CCNCCC(C)CCc1ccc(OC)c(Cl)c1. The second-order valence-electron chi connectivity index (χ2n) is 4.75. The van der Waals surface area contributed by atoms with Crippen molar-refractivity contribution in [1.29, 1.82) is 0 Å². The van der Waals surface area contributed by atoms with Gasteiger partial charge in [-0.15, -0.1) is 0 Å². The van der Waals surface area contributed by atoms with Crippen LogP contribution >= 0.6 is 11.6 Å². The molecule has 1 aromatic carbocycles. The third-order valence-electron chi connectivity index (χ3n) is 3.21.